The van der Waals surface area contributed by atoms with Crippen LogP contribution < -0.4 is 5.73 Å². The zero-order chi connectivity index (χ0) is 13.0. The van der Waals surface area contributed by atoms with Gasteiger partial charge in [-0.2, -0.15) is 12.6 Å². The third-order valence-electron chi connectivity index (χ3n) is 3.09. The Labute approximate surface area is 114 Å². The highest BCUT2D eigenvalue weighted by Crippen LogP contribution is 2.33. The molecule has 0 amide bonds. The van der Waals surface area contributed by atoms with Gasteiger partial charge in [0, 0.05) is 5.25 Å². The molecular weight excluding hydrogens is 238 g/mol. The molecule has 2 aromatic rings. The minimum absolute atomic E-state index is 0.200. The minimum Gasteiger partial charge on any atom is -0.330 e. The van der Waals surface area contributed by atoms with Gasteiger partial charge in [0.1, 0.15) is 0 Å². The molecule has 1 unspecified atom stereocenters. The molecule has 1 nitrogen and oxygen atoms in total. The second kappa shape index (κ2) is 6.07. The van der Waals surface area contributed by atoms with E-state index in [-0.39, 0.29) is 5.25 Å². The van der Waals surface area contributed by atoms with Crippen LogP contribution in [0.5, 0.6) is 0 Å². The molecule has 0 fully saturated rings. The van der Waals surface area contributed by atoms with Crippen molar-refractivity contribution in [3.63, 3.8) is 0 Å². The lowest BCUT2D eigenvalue weighted by Gasteiger charge is -2.16. The highest BCUT2D eigenvalue weighted by Gasteiger charge is 2.12. The van der Waals surface area contributed by atoms with Crippen LogP contribution in [-0.2, 0) is 0 Å². The predicted octanol–water partition coefficient (Wildman–Crippen LogP) is 3.98. The maximum atomic E-state index is 5.64. The second-order valence-corrected chi connectivity index (χ2v) is 5.17. The van der Waals surface area contributed by atoms with Crippen LogP contribution in [0.25, 0.3) is 11.1 Å². The van der Waals surface area contributed by atoms with Crippen LogP contribution in [0.1, 0.15) is 22.8 Å². The molecule has 0 aromatic heterocycles. The van der Waals surface area contributed by atoms with Crippen LogP contribution in [0.3, 0.4) is 0 Å². The van der Waals surface area contributed by atoms with Crippen molar-refractivity contribution in [1.29, 1.82) is 0 Å². The molecule has 1 atom stereocenters. The van der Waals surface area contributed by atoms with Crippen molar-refractivity contribution >= 4 is 12.6 Å². The Bertz CT molecular complexity index is 508. The summed E-state index contributed by atoms with van der Waals surface area (Å²) in [6, 6.07) is 17.0. The van der Waals surface area contributed by atoms with E-state index in [4.69, 9.17) is 5.73 Å². The van der Waals surface area contributed by atoms with Gasteiger partial charge < -0.3 is 5.73 Å². The first-order chi connectivity index (χ1) is 8.72. The Hall–Kier alpha value is -1.25. The van der Waals surface area contributed by atoms with Crippen molar-refractivity contribution in [2.75, 3.05) is 6.54 Å². The van der Waals surface area contributed by atoms with Gasteiger partial charge in [-0.05, 0) is 36.6 Å². The fourth-order valence-electron chi connectivity index (χ4n) is 2.14. The highest BCUT2D eigenvalue weighted by atomic mass is 32.1. The number of hydrogen-bond acceptors (Lipinski definition) is 2. The van der Waals surface area contributed by atoms with Gasteiger partial charge in [-0.1, -0.05) is 54.1 Å². The summed E-state index contributed by atoms with van der Waals surface area (Å²) in [4.78, 5) is 0. The summed E-state index contributed by atoms with van der Waals surface area (Å²) in [5.41, 5.74) is 10.7. The Morgan fingerprint density at radius 2 is 1.83 bits per heavy atom. The van der Waals surface area contributed by atoms with Crippen molar-refractivity contribution in [2.45, 2.75) is 18.6 Å². The Morgan fingerprint density at radius 3 is 2.50 bits per heavy atom. The standard InChI is InChI=1S/C16H19NS/c1-12-7-8-14(16(18)9-10-17)15(11-12)13-5-3-2-4-6-13/h2-8,11,16,18H,9-10,17H2,1H3. The van der Waals surface area contributed by atoms with Gasteiger partial charge in [0.15, 0.2) is 0 Å². The normalized spacial score (nSPS) is 12.4. The fraction of sp³-hybridized carbons (Fsp3) is 0.250. The SMILES string of the molecule is Cc1ccc(C(S)CCN)c(-c2ccccc2)c1. The summed E-state index contributed by atoms with van der Waals surface area (Å²) in [5, 5.41) is 0.200. The predicted molar refractivity (Wildman–Crippen MR) is 82.0 cm³/mol. The van der Waals surface area contributed by atoms with Crippen LogP contribution in [0.15, 0.2) is 48.5 Å². The third-order valence-corrected chi connectivity index (χ3v) is 3.63. The molecule has 0 saturated carbocycles. The van der Waals surface area contributed by atoms with Gasteiger partial charge in [-0.25, -0.2) is 0 Å². The molecule has 0 saturated heterocycles. The molecule has 18 heavy (non-hydrogen) atoms. The molecule has 2 heteroatoms. The lowest BCUT2D eigenvalue weighted by Crippen LogP contribution is -2.04. The van der Waals surface area contributed by atoms with Crippen LogP contribution in [-0.4, -0.2) is 6.54 Å². The number of rotatable bonds is 4. The zero-order valence-electron chi connectivity index (χ0n) is 10.6. The maximum absolute atomic E-state index is 5.64. The van der Waals surface area contributed by atoms with Crippen LogP contribution in [0.2, 0.25) is 0 Å². The number of nitrogens with two attached hydrogens (primary N) is 1. The van der Waals surface area contributed by atoms with Crippen LogP contribution in [0, 0.1) is 6.92 Å². The van der Waals surface area contributed by atoms with E-state index in [1.165, 1.54) is 22.3 Å². The first kappa shape index (κ1) is 13.2. The topological polar surface area (TPSA) is 26.0 Å². The number of hydrogen-bond donors (Lipinski definition) is 2. The number of aryl methyl sites for hydroxylation is 1. The summed E-state index contributed by atoms with van der Waals surface area (Å²) in [5.74, 6) is 0. The Balaban J connectivity index is 2.48. The van der Waals surface area contributed by atoms with Crippen molar-refractivity contribution in [2.24, 2.45) is 5.73 Å². The van der Waals surface area contributed by atoms with Gasteiger partial charge in [-0.15, -0.1) is 0 Å². The van der Waals surface area contributed by atoms with Gasteiger partial charge in [0.05, 0.1) is 0 Å². The molecule has 0 bridgehead atoms. The molecule has 2 rings (SSSR count). The summed E-state index contributed by atoms with van der Waals surface area (Å²) in [6.07, 6.45) is 0.895. The van der Waals surface area contributed by atoms with E-state index < -0.39 is 0 Å². The fourth-order valence-corrected chi connectivity index (χ4v) is 2.52. The molecule has 0 aliphatic carbocycles. The molecule has 0 aliphatic rings. The van der Waals surface area contributed by atoms with E-state index in [9.17, 15) is 0 Å². The Kier molecular flexibility index (Phi) is 4.45. The van der Waals surface area contributed by atoms with E-state index in [1.54, 1.807) is 0 Å². The first-order valence-corrected chi connectivity index (χ1v) is 6.78. The van der Waals surface area contributed by atoms with Crippen LogP contribution >= 0.6 is 12.6 Å². The monoisotopic (exact) mass is 257 g/mol. The van der Waals surface area contributed by atoms with E-state index in [0.29, 0.717) is 6.54 Å². The lowest BCUT2D eigenvalue weighted by molar-refractivity contribution is 0.820. The summed E-state index contributed by atoms with van der Waals surface area (Å²) in [7, 11) is 0. The molecule has 0 heterocycles. The van der Waals surface area contributed by atoms with Gasteiger partial charge in [0.2, 0.25) is 0 Å². The summed E-state index contributed by atoms with van der Waals surface area (Å²) in [6.45, 7) is 2.78. The Morgan fingerprint density at radius 1 is 1.11 bits per heavy atom. The molecule has 94 valence electrons. The smallest absolute Gasteiger partial charge is 0.0285 e. The van der Waals surface area contributed by atoms with Gasteiger partial charge in [-0.3, -0.25) is 0 Å². The summed E-state index contributed by atoms with van der Waals surface area (Å²) >= 11 is 4.67. The zero-order valence-corrected chi connectivity index (χ0v) is 11.5. The number of thiol groups is 1. The van der Waals surface area contributed by atoms with Crippen LogP contribution in [0.4, 0.5) is 0 Å². The maximum Gasteiger partial charge on any atom is 0.0285 e. The number of benzene rings is 2. The first-order valence-electron chi connectivity index (χ1n) is 6.26. The molecular formula is C16H19NS. The van der Waals surface area contributed by atoms with E-state index in [2.05, 4.69) is 62.0 Å². The molecule has 0 spiro atoms. The molecule has 2 N–H and O–H groups in total. The minimum atomic E-state index is 0.200. The van der Waals surface area contributed by atoms with Crippen molar-refractivity contribution in [3.8, 4) is 11.1 Å². The molecule has 2 aromatic carbocycles. The van der Waals surface area contributed by atoms with E-state index >= 15 is 0 Å². The lowest BCUT2D eigenvalue weighted by atomic mass is 9.94. The quantitative estimate of drug-likeness (QED) is 0.796. The van der Waals surface area contributed by atoms with E-state index in [1.807, 2.05) is 6.07 Å². The third kappa shape index (κ3) is 2.95. The molecule has 0 aliphatic heterocycles. The highest BCUT2D eigenvalue weighted by molar-refractivity contribution is 7.80. The van der Waals surface area contributed by atoms with Crippen molar-refractivity contribution in [1.82, 2.24) is 0 Å². The van der Waals surface area contributed by atoms with E-state index in [0.717, 1.165) is 6.42 Å². The van der Waals surface area contributed by atoms with Gasteiger partial charge in [0.25, 0.3) is 0 Å². The second-order valence-electron chi connectivity index (χ2n) is 4.55. The van der Waals surface area contributed by atoms with Crippen molar-refractivity contribution < 1.29 is 0 Å². The largest absolute Gasteiger partial charge is 0.330 e. The van der Waals surface area contributed by atoms with Gasteiger partial charge >= 0.3 is 0 Å². The average Bonchev–Trinajstić information content (AvgIpc) is 2.40. The van der Waals surface area contributed by atoms with Crippen molar-refractivity contribution in [3.05, 3.63) is 59.7 Å². The summed E-state index contributed by atoms with van der Waals surface area (Å²) < 4.78 is 0. The average molecular weight is 257 g/mol. The molecule has 0 radical (unpaired) electrons.